The lowest BCUT2D eigenvalue weighted by Crippen LogP contribution is -2.21. The van der Waals surface area contributed by atoms with Crippen LogP contribution in [-0.4, -0.2) is 17.0 Å². The van der Waals surface area contributed by atoms with Gasteiger partial charge in [-0.1, -0.05) is 5.57 Å². The number of aliphatic hydroxyl groups is 1. The van der Waals surface area contributed by atoms with E-state index in [1.54, 1.807) is 0 Å². The summed E-state index contributed by atoms with van der Waals surface area (Å²) in [6.45, 7) is 3.90. The summed E-state index contributed by atoms with van der Waals surface area (Å²) < 4.78 is 0. The molecule has 0 heterocycles. The van der Waals surface area contributed by atoms with Gasteiger partial charge in [-0.05, 0) is 32.3 Å². The molecule has 1 rings (SSSR count). The van der Waals surface area contributed by atoms with Gasteiger partial charge in [0.25, 0.3) is 0 Å². The van der Waals surface area contributed by atoms with E-state index in [0.717, 1.165) is 24.0 Å². The fraction of sp³-hybridized carbons (Fsp3) is 0.667. The van der Waals surface area contributed by atoms with Crippen molar-refractivity contribution in [3.05, 3.63) is 11.1 Å². The first-order valence-electron chi connectivity index (χ1n) is 3.99. The Kier molecular flexibility index (Phi) is 2.45. The van der Waals surface area contributed by atoms with Gasteiger partial charge in [-0.15, -0.1) is 0 Å². The number of aliphatic hydroxyl groups excluding tert-OH is 1. The van der Waals surface area contributed by atoms with Crippen molar-refractivity contribution in [1.82, 2.24) is 0 Å². The van der Waals surface area contributed by atoms with E-state index >= 15 is 0 Å². The third kappa shape index (κ3) is 1.90. The summed E-state index contributed by atoms with van der Waals surface area (Å²) in [5, 5.41) is 9.14. The molecule has 0 aromatic rings. The Bertz CT molecular complexity index is 200. The fourth-order valence-electron chi connectivity index (χ4n) is 1.42. The highest BCUT2D eigenvalue weighted by molar-refractivity contribution is 5.96. The van der Waals surface area contributed by atoms with Crippen LogP contribution in [0, 0.1) is 0 Å². The Balaban J connectivity index is 2.74. The quantitative estimate of drug-likeness (QED) is 0.536. The predicted octanol–water partition coefficient (Wildman–Crippen LogP) is 1.44. The number of hydrogen-bond donors (Lipinski definition) is 1. The number of ketones is 1. The van der Waals surface area contributed by atoms with E-state index in [9.17, 15) is 4.79 Å². The summed E-state index contributed by atoms with van der Waals surface area (Å²) >= 11 is 0. The molecule has 1 atom stereocenters. The van der Waals surface area contributed by atoms with Crippen molar-refractivity contribution < 1.29 is 9.90 Å². The zero-order valence-electron chi connectivity index (χ0n) is 7.05. The van der Waals surface area contributed by atoms with Gasteiger partial charge in [-0.2, -0.15) is 0 Å². The molecule has 11 heavy (non-hydrogen) atoms. The lowest BCUT2D eigenvalue weighted by atomic mass is 9.89. The molecule has 0 spiro atoms. The third-order valence-corrected chi connectivity index (χ3v) is 2.09. The van der Waals surface area contributed by atoms with Crippen LogP contribution < -0.4 is 0 Å². The average Bonchev–Trinajstić information content (AvgIpc) is 1.85. The first-order chi connectivity index (χ1) is 5.11. The second-order valence-corrected chi connectivity index (χ2v) is 3.30. The molecule has 0 aromatic carbocycles. The van der Waals surface area contributed by atoms with Gasteiger partial charge < -0.3 is 5.11 Å². The van der Waals surface area contributed by atoms with Gasteiger partial charge in [-0.3, -0.25) is 4.79 Å². The van der Waals surface area contributed by atoms with Crippen LogP contribution in [0.2, 0.25) is 0 Å². The van der Waals surface area contributed by atoms with Gasteiger partial charge in [0, 0.05) is 6.42 Å². The first-order valence-corrected chi connectivity index (χ1v) is 3.99. The summed E-state index contributed by atoms with van der Waals surface area (Å²) in [7, 11) is 0. The molecule has 1 fully saturated rings. The molecule has 0 amide bonds. The molecule has 62 valence electrons. The molecule has 1 unspecified atom stereocenters. The lowest BCUT2D eigenvalue weighted by Gasteiger charge is -2.19. The van der Waals surface area contributed by atoms with Crippen molar-refractivity contribution in [3.63, 3.8) is 0 Å². The molecule has 0 aliphatic heterocycles. The normalized spacial score (nSPS) is 25.5. The van der Waals surface area contributed by atoms with E-state index in [-0.39, 0.29) is 5.78 Å². The summed E-state index contributed by atoms with van der Waals surface area (Å²) in [5.41, 5.74) is 2.03. The third-order valence-electron chi connectivity index (χ3n) is 2.09. The van der Waals surface area contributed by atoms with Crippen LogP contribution >= 0.6 is 0 Å². The zero-order chi connectivity index (χ0) is 8.43. The van der Waals surface area contributed by atoms with Crippen LogP contribution in [0.25, 0.3) is 0 Å². The molecule has 2 nitrogen and oxygen atoms in total. The Hall–Kier alpha value is -0.630. The van der Waals surface area contributed by atoms with E-state index in [2.05, 4.69) is 0 Å². The maximum atomic E-state index is 11.2. The van der Waals surface area contributed by atoms with Gasteiger partial charge in [0.05, 0.1) is 6.10 Å². The molecule has 0 bridgehead atoms. The number of carbonyl (C=O) groups is 1. The fourth-order valence-corrected chi connectivity index (χ4v) is 1.42. The van der Waals surface area contributed by atoms with E-state index in [0.29, 0.717) is 6.42 Å². The number of Topliss-reactive ketones (excluding diaryl/α,β-unsaturated/α-hetero) is 1. The van der Waals surface area contributed by atoms with Crippen LogP contribution in [0.5, 0.6) is 0 Å². The van der Waals surface area contributed by atoms with Crippen molar-refractivity contribution in [1.29, 1.82) is 0 Å². The standard InChI is InChI=1S/C9H14O2/c1-6(2)8-4-3-7(10)5-9(8)11/h7,10H,3-5H2,1-2H3. The molecule has 1 aliphatic rings. The summed E-state index contributed by atoms with van der Waals surface area (Å²) in [4.78, 5) is 11.2. The number of allylic oxidation sites excluding steroid dienone is 2. The first kappa shape index (κ1) is 8.47. The Morgan fingerprint density at radius 3 is 2.64 bits per heavy atom. The number of rotatable bonds is 0. The van der Waals surface area contributed by atoms with E-state index in [1.807, 2.05) is 13.8 Å². The minimum Gasteiger partial charge on any atom is -0.393 e. The minimum atomic E-state index is -0.398. The molecule has 0 radical (unpaired) electrons. The second-order valence-electron chi connectivity index (χ2n) is 3.30. The monoisotopic (exact) mass is 154 g/mol. The minimum absolute atomic E-state index is 0.128. The van der Waals surface area contributed by atoms with Gasteiger partial charge in [0.1, 0.15) is 0 Å². The molecular formula is C9H14O2. The zero-order valence-corrected chi connectivity index (χ0v) is 7.05. The summed E-state index contributed by atoms with van der Waals surface area (Å²) in [6, 6.07) is 0. The second kappa shape index (κ2) is 3.18. The largest absolute Gasteiger partial charge is 0.393 e. The molecular weight excluding hydrogens is 140 g/mol. The number of carbonyl (C=O) groups excluding carboxylic acids is 1. The molecule has 0 aromatic heterocycles. The van der Waals surface area contributed by atoms with Crippen LogP contribution in [0.1, 0.15) is 33.1 Å². The average molecular weight is 154 g/mol. The summed E-state index contributed by atoms with van der Waals surface area (Å²) in [6.07, 6.45) is 1.42. The molecule has 1 N–H and O–H groups in total. The van der Waals surface area contributed by atoms with Crippen LogP contribution in [0.4, 0.5) is 0 Å². The highest BCUT2D eigenvalue weighted by Crippen LogP contribution is 2.22. The highest BCUT2D eigenvalue weighted by atomic mass is 16.3. The van der Waals surface area contributed by atoms with E-state index in [1.165, 1.54) is 0 Å². The van der Waals surface area contributed by atoms with Crippen LogP contribution in [-0.2, 0) is 4.79 Å². The van der Waals surface area contributed by atoms with Gasteiger partial charge >= 0.3 is 0 Å². The number of hydrogen-bond acceptors (Lipinski definition) is 2. The maximum absolute atomic E-state index is 11.2. The SMILES string of the molecule is CC(C)=C1CCC(O)CC1=O. The maximum Gasteiger partial charge on any atom is 0.161 e. The van der Waals surface area contributed by atoms with Crippen molar-refractivity contribution >= 4 is 5.78 Å². The Morgan fingerprint density at radius 2 is 2.18 bits per heavy atom. The Morgan fingerprint density at radius 1 is 1.55 bits per heavy atom. The van der Waals surface area contributed by atoms with Crippen molar-refractivity contribution in [2.75, 3.05) is 0 Å². The molecule has 1 saturated carbocycles. The van der Waals surface area contributed by atoms with E-state index < -0.39 is 6.10 Å². The van der Waals surface area contributed by atoms with E-state index in [4.69, 9.17) is 5.11 Å². The van der Waals surface area contributed by atoms with Crippen LogP contribution in [0.3, 0.4) is 0 Å². The predicted molar refractivity (Wildman–Crippen MR) is 43.2 cm³/mol. The Labute approximate surface area is 66.9 Å². The van der Waals surface area contributed by atoms with Crippen molar-refractivity contribution in [2.45, 2.75) is 39.2 Å². The van der Waals surface area contributed by atoms with Crippen molar-refractivity contribution in [3.8, 4) is 0 Å². The molecule has 2 heteroatoms. The molecule has 1 aliphatic carbocycles. The molecule has 0 saturated heterocycles. The smallest absolute Gasteiger partial charge is 0.161 e. The van der Waals surface area contributed by atoms with Gasteiger partial charge in [0.2, 0.25) is 0 Å². The highest BCUT2D eigenvalue weighted by Gasteiger charge is 2.22. The van der Waals surface area contributed by atoms with Gasteiger partial charge in [0.15, 0.2) is 5.78 Å². The summed E-state index contributed by atoms with van der Waals surface area (Å²) in [5.74, 6) is 0.128. The topological polar surface area (TPSA) is 37.3 Å². The lowest BCUT2D eigenvalue weighted by molar-refractivity contribution is -0.118. The van der Waals surface area contributed by atoms with Crippen molar-refractivity contribution in [2.24, 2.45) is 0 Å². The van der Waals surface area contributed by atoms with Crippen LogP contribution in [0.15, 0.2) is 11.1 Å². The van der Waals surface area contributed by atoms with Gasteiger partial charge in [-0.25, -0.2) is 0 Å².